The number of nitrogens with two attached hydrogens (primary N) is 5. The molecule has 0 radical (unpaired) electrons. The average Bonchev–Trinajstić information content (AvgIpc) is 1.53. The monoisotopic (exact) mass is 1270 g/mol. The Kier molecular flexibility index (Phi) is 19.6. The highest BCUT2D eigenvalue weighted by atomic mass is 31.2. The van der Waals surface area contributed by atoms with Gasteiger partial charge in [0.1, 0.15) is 18.3 Å². The van der Waals surface area contributed by atoms with Crippen LogP contribution in [0.3, 0.4) is 0 Å². The van der Waals surface area contributed by atoms with Crippen molar-refractivity contribution in [3.63, 3.8) is 0 Å². The molecule has 6 aliphatic heterocycles. The van der Waals surface area contributed by atoms with Gasteiger partial charge < -0.3 is 68.8 Å². The van der Waals surface area contributed by atoms with E-state index in [4.69, 9.17) is 57.4 Å². The summed E-state index contributed by atoms with van der Waals surface area (Å²) < 4.78 is 32.2. The minimum atomic E-state index is -5.07. The third kappa shape index (κ3) is 13.0. The molecule has 28 heteroatoms. The number of aromatic nitrogens is 2. The van der Waals surface area contributed by atoms with Gasteiger partial charge in [-0.15, -0.1) is 0 Å². The molecule has 7 heterocycles. The standard InChI is InChI=1S/C62H89N12O15P/c1-29-20-39-40(21-30(29)2)74(28-69-39)57-52(84)53(41(27-75)87-57)89-90(85,86)88-31(3)26-68-48(81)18-19-59(8)37(22-46(66)79)56-62(11)61(10,24-47(67)80)36(14-17-45(65)78)51(73-62)33(5)55-60(9,25-49(82)83)34(12-15-43(63)76)38(70-55)23-42-58(6,7)35(13-16-44(64)77)50(71-42)32(4)54(59)72-56/h20-21,23,28,31,34-37,41,52-53,56-57,70,75,84H,12-19,22,24-27H2,1-11H3,(H2,63,76)(H2,64,77)(H2,65,78)(H2,66,79)(H2,67,80)(H,68,81)(H,82,83)(H,85,86)/b38-23?,50-32?,55-33-/t31?,34-,35+,36+,37-,41+,52+,53+,56+,57-,59+,60-,61-,62-/m0/s1. The van der Waals surface area contributed by atoms with Gasteiger partial charge in [-0.05, 0) is 108 Å². The quantitative estimate of drug-likeness (QED) is 0.0597. The number of amides is 6. The lowest BCUT2D eigenvalue weighted by Crippen LogP contribution is -2.56. The Hall–Kier alpha value is -7.00. The van der Waals surface area contributed by atoms with E-state index in [9.17, 15) is 58.3 Å². The van der Waals surface area contributed by atoms with Crippen LogP contribution in [0.25, 0.3) is 11.0 Å². The number of ether oxygens (including phenoxy) is 1. The van der Waals surface area contributed by atoms with Crippen LogP contribution < -0.4 is 39.3 Å². The van der Waals surface area contributed by atoms with Crippen molar-refractivity contribution in [2.75, 3.05) is 13.2 Å². The number of nitrogens with zero attached hydrogens (tertiary/aromatic N) is 5. The summed E-state index contributed by atoms with van der Waals surface area (Å²) in [5.74, 6) is -7.92. The molecule has 492 valence electrons. The Morgan fingerprint density at radius 1 is 0.822 bits per heavy atom. The van der Waals surface area contributed by atoms with E-state index in [0.29, 0.717) is 56.4 Å². The van der Waals surface area contributed by atoms with Crippen molar-refractivity contribution in [3.05, 3.63) is 63.9 Å². The number of carbonyl (C=O) groups excluding carboxylic acids is 6. The van der Waals surface area contributed by atoms with Gasteiger partial charge in [0.15, 0.2) is 6.23 Å². The van der Waals surface area contributed by atoms with Crippen LogP contribution in [0, 0.1) is 59.2 Å². The fourth-order valence-electron chi connectivity index (χ4n) is 15.4. The van der Waals surface area contributed by atoms with Crippen LogP contribution in [-0.4, -0.2) is 137 Å². The number of aryl methyl sites for hydroxylation is 2. The van der Waals surface area contributed by atoms with Gasteiger partial charge in [-0.25, -0.2) is 9.55 Å². The van der Waals surface area contributed by atoms with Crippen LogP contribution in [0.1, 0.15) is 150 Å². The van der Waals surface area contributed by atoms with Crippen LogP contribution in [0.4, 0.5) is 0 Å². The van der Waals surface area contributed by atoms with Gasteiger partial charge >= 0.3 is 13.8 Å². The lowest BCUT2D eigenvalue weighted by Gasteiger charge is -2.48. The molecular formula is C62H89N12O15P. The number of aliphatic hydroxyl groups excluding tert-OH is 2. The first-order valence-electron chi connectivity index (χ1n) is 30.5. The summed E-state index contributed by atoms with van der Waals surface area (Å²) in [6.07, 6.45) is -4.77. The molecule has 2 saturated heterocycles. The first-order valence-corrected chi connectivity index (χ1v) is 32.0. The molecule has 8 bridgehead atoms. The first kappa shape index (κ1) is 68.9. The third-order valence-corrected chi connectivity index (χ3v) is 21.7. The maximum Gasteiger partial charge on any atom is 0.472 e. The number of aliphatic hydroxyl groups is 2. The zero-order valence-electron chi connectivity index (χ0n) is 53.1. The Balaban J connectivity index is 1.19. The van der Waals surface area contributed by atoms with Crippen molar-refractivity contribution >= 4 is 77.4 Å². The number of hydrogen-bond acceptors (Lipinski definition) is 18. The second kappa shape index (κ2) is 25.6. The lowest BCUT2D eigenvalue weighted by molar-refractivity contribution is -0.139. The second-order valence-corrected chi connectivity index (χ2v) is 28.4. The Morgan fingerprint density at radius 3 is 2.02 bits per heavy atom. The largest absolute Gasteiger partial charge is 0.481 e. The molecule has 0 saturated carbocycles. The van der Waals surface area contributed by atoms with E-state index in [2.05, 4.69) is 15.6 Å². The Bertz CT molecular complexity index is 3540. The van der Waals surface area contributed by atoms with Crippen molar-refractivity contribution < 1.29 is 72.1 Å². The average molecular weight is 1270 g/mol. The smallest absolute Gasteiger partial charge is 0.472 e. The van der Waals surface area contributed by atoms with Crippen LogP contribution in [0.5, 0.6) is 0 Å². The van der Waals surface area contributed by atoms with E-state index >= 15 is 0 Å². The molecule has 8 rings (SSSR count). The van der Waals surface area contributed by atoms with Gasteiger partial charge in [-0.3, -0.25) is 57.6 Å². The van der Waals surface area contributed by atoms with E-state index in [0.717, 1.165) is 11.1 Å². The normalized spacial score (nSPS) is 32.8. The second-order valence-electron chi connectivity index (χ2n) is 27.0. The molecule has 16 N–H and O–H groups in total. The number of phosphoric ester groups is 1. The molecule has 1 aromatic carbocycles. The van der Waals surface area contributed by atoms with Gasteiger partial charge in [0.2, 0.25) is 35.4 Å². The first-order chi connectivity index (χ1) is 41.8. The van der Waals surface area contributed by atoms with Crippen LogP contribution >= 0.6 is 7.82 Å². The van der Waals surface area contributed by atoms with Crippen molar-refractivity contribution in [1.82, 2.24) is 20.2 Å². The number of nitrogens with one attached hydrogen (secondary N) is 2. The summed E-state index contributed by atoms with van der Waals surface area (Å²) in [6, 6.07) is 2.67. The maximum absolute atomic E-state index is 14.4. The van der Waals surface area contributed by atoms with Crippen molar-refractivity contribution in [2.24, 2.45) is 89.0 Å². The number of fused-ring (bicyclic) bond motifs is 7. The maximum atomic E-state index is 14.4. The zero-order chi connectivity index (χ0) is 66.7. The predicted octanol–water partition coefficient (Wildman–Crippen LogP) is 3.76. The number of carboxylic acids is 1. The van der Waals surface area contributed by atoms with E-state index in [-0.39, 0.29) is 70.8 Å². The number of hydrogen-bond donors (Lipinski definition) is 11. The molecule has 2 fully saturated rings. The number of aliphatic carboxylic acids is 1. The summed E-state index contributed by atoms with van der Waals surface area (Å²) >= 11 is 0. The van der Waals surface area contributed by atoms with Crippen LogP contribution in [0.15, 0.2) is 67.8 Å². The zero-order valence-corrected chi connectivity index (χ0v) is 54.0. The predicted molar refractivity (Wildman–Crippen MR) is 332 cm³/mol. The lowest BCUT2D eigenvalue weighted by atomic mass is 9.55. The summed E-state index contributed by atoms with van der Waals surface area (Å²) in [7, 11) is -5.07. The number of benzene rings is 1. The number of primary amides is 5. The molecule has 15 atom stereocenters. The summed E-state index contributed by atoms with van der Waals surface area (Å²) in [5, 5.41) is 38.9. The van der Waals surface area contributed by atoms with E-state index < -0.39 is 150 Å². The van der Waals surface area contributed by atoms with E-state index in [1.807, 2.05) is 66.7 Å². The minimum Gasteiger partial charge on any atom is -0.481 e. The summed E-state index contributed by atoms with van der Waals surface area (Å²) in [6.45, 7) is 19.0. The number of rotatable bonds is 26. The molecule has 0 spiro atoms. The molecule has 1 aromatic heterocycles. The van der Waals surface area contributed by atoms with Gasteiger partial charge in [-0.2, -0.15) is 0 Å². The number of carboxylic acid groups (broad SMARTS) is 1. The van der Waals surface area contributed by atoms with Gasteiger partial charge in [-0.1, -0.05) is 34.6 Å². The summed E-state index contributed by atoms with van der Waals surface area (Å²) in [4.78, 5) is 125. The van der Waals surface area contributed by atoms with Crippen molar-refractivity contribution in [1.29, 1.82) is 0 Å². The Labute approximate surface area is 522 Å². The molecule has 0 aliphatic carbocycles. The molecular weight excluding hydrogens is 1180 g/mol. The number of allylic oxidation sites excluding steroid dienone is 6. The van der Waals surface area contributed by atoms with Crippen LogP contribution in [0.2, 0.25) is 0 Å². The molecule has 27 nitrogen and oxygen atoms in total. The molecule has 6 amide bonds. The van der Waals surface area contributed by atoms with Gasteiger partial charge in [0, 0.05) is 125 Å². The fourth-order valence-corrected chi connectivity index (χ4v) is 16.5. The third-order valence-electron chi connectivity index (χ3n) is 20.6. The summed E-state index contributed by atoms with van der Waals surface area (Å²) in [5.41, 5.74) is 30.6. The highest BCUT2D eigenvalue weighted by Gasteiger charge is 2.66. The number of aliphatic imine (C=N–C) groups is 3. The highest BCUT2D eigenvalue weighted by Crippen LogP contribution is 2.63. The van der Waals surface area contributed by atoms with Crippen molar-refractivity contribution in [3.8, 4) is 0 Å². The minimum absolute atomic E-state index is 0.0232. The number of phosphoric acid groups is 1. The molecule has 6 aliphatic rings. The SMILES string of the molecule is CC1=C2N=C(C=C3N/C(=C(/C)C4=N[C@@](C)([C@@H]5N=C1[C@](C)(CCC(=O)NCC(C)OP(=O)(O)O[C@H]1[C@@H](O)[C@@H](n6cnc7cc(C)c(C)cc76)O[C@@H]1CO)[C@H]5CC(N)=O)[C@@](C)(CC(N)=O)[C@@H]4CCC(N)=O)[C@@](C)(CC(=O)O)[C@H]3CCC(N)=O)C(C)(C)[C@@H]2CCC(N)=O. The molecule has 90 heavy (non-hydrogen) atoms. The topological polar surface area (TPSA) is 454 Å². The highest BCUT2D eigenvalue weighted by molar-refractivity contribution is 7.47. The Morgan fingerprint density at radius 2 is 1.43 bits per heavy atom. The fraction of sp³-hybridized carbons (Fsp3) is 0.629. The van der Waals surface area contributed by atoms with E-state index in [1.165, 1.54) is 13.3 Å². The number of carbonyl (C=O) groups is 7. The van der Waals surface area contributed by atoms with Gasteiger partial charge in [0.25, 0.3) is 0 Å². The van der Waals surface area contributed by atoms with E-state index in [1.54, 1.807) is 25.3 Å². The number of imidazole rings is 1. The molecule has 2 unspecified atom stereocenters. The van der Waals surface area contributed by atoms with Crippen LogP contribution in [-0.2, 0) is 51.9 Å². The van der Waals surface area contributed by atoms with Crippen molar-refractivity contribution in [2.45, 2.75) is 189 Å². The van der Waals surface area contributed by atoms with Gasteiger partial charge in [0.05, 0.1) is 48.1 Å². The molecule has 2 aromatic rings.